The molecule has 3 rings (SSSR count). The zero-order chi connectivity index (χ0) is 21.9. The van der Waals surface area contributed by atoms with E-state index in [0.29, 0.717) is 17.2 Å². The van der Waals surface area contributed by atoms with Crippen LogP contribution in [0.3, 0.4) is 0 Å². The number of hydrogen-bond donors (Lipinski definition) is 2. The number of anilines is 3. The van der Waals surface area contributed by atoms with Gasteiger partial charge in [-0.3, -0.25) is 4.79 Å². The van der Waals surface area contributed by atoms with Gasteiger partial charge in [0.1, 0.15) is 5.82 Å². The molecule has 0 aliphatic carbocycles. The van der Waals surface area contributed by atoms with Gasteiger partial charge in [-0.1, -0.05) is 63.6 Å². The molecule has 1 aromatic heterocycles. The van der Waals surface area contributed by atoms with Crippen molar-refractivity contribution < 1.29 is 9.18 Å². The Bertz CT molecular complexity index is 973. The highest BCUT2D eigenvalue weighted by atomic mass is 32.1. The van der Waals surface area contributed by atoms with E-state index in [-0.39, 0.29) is 11.7 Å². The molecule has 0 spiro atoms. The smallest absolute Gasteiger partial charge is 0.224 e. The number of amides is 1. The normalized spacial score (nSPS) is 10.8. The van der Waals surface area contributed by atoms with E-state index < -0.39 is 0 Å². The molecule has 3 aromatic rings. The average molecular weight is 440 g/mol. The van der Waals surface area contributed by atoms with Crippen LogP contribution in [0.4, 0.5) is 20.9 Å². The van der Waals surface area contributed by atoms with E-state index in [9.17, 15) is 9.18 Å². The Morgan fingerprint density at radius 2 is 1.71 bits per heavy atom. The molecule has 0 saturated carbocycles. The molecule has 0 radical (unpaired) electrons. The lowest BCUT2D eigenvalue weighted by atomic mass is 10.1. The first kappa shape index (κ1) is 22.9. The summed E-state index contributed by atoms with van der Waals surface area (Å²) in [7, 11) is 0. The van der Waals surface area contributed by atoms with Crippen LogP contribution in [0.1, 0.15) is 58.3 Å². The van der Waals surface area contributed by atoms with Gasteiger partial charge in [0.2, 0.25) is 5.91 Å². The van der Waals surface area contributed by atoms with Crippen LogP contribution in [-0.4, -0.2) is 10.9 Å². The molecule has 0 aliphatic heterocycles. The molecule has 164 valence electrons. The highest BCUT2D eigenvalue weighted by Crippen LogP contribution is 2.28. The molecule has 2 N–H and O–H groups in total. The Balaban J connectivity index is 1.50. The lowest BCUT2D eigenvalue weighted by Crippen LogP contribution is -2.11. The molecular weight excluding hydrogens is 409 g/mol. The van der Waals surface area contributed by atoms with Gasteiger partial charge in [0.05, 0.1) is 5.69 Å². The SMILES string of the molecule is CCCCCCCCCC(=O)Nc1cccc(-c2csc(Nc3cccc(F)c3)n2)c1. The van der Waals surface area contributed by atoms with Gasteiger partial charge in [0, 0.05) is 28.7 Å². The number of rotatable bonds is 12. The third-order valence-corrected chi connectivity index (χ3v) is 5.79. The van der Waals surface area contributed by atoms with Crippen LogP contribution in [0.5, 0.6) is 0 Å². The largest absolute Gasteiger partial charge is 0.331 e. The maximum Gasteiger partial charge on any atom is 0.224 e. The Hall–Kier alpha value is -2.73. The monoisotopic (exact) mass is 439 g/mol. The summed E-state index contributed by atoms with van der Waals surface area (Å²) >= 11 is 1.45. The van der Waals surface area contributed by atoms with Crippen molar-refractivity contribution in [2.45, 2.75) is 58.3 Å². The molecule has 0 bridgehead atoms. The molecule has 6 heteroatoms. The molecule has 2 aromatic carbocycles. The van der Waals surface area contributed by atoms with Crippen molar-refractivity contribution in [2.75, 3.05) is 10.6 Å². The number of nitrogens with zero attached hydrogens (tertiary/aromatic N) is 1. The minimum atomic E-state index is -0.290. The number of carbonyl (C=O) groups excluding carboxylic acids is 1. The Labute approximate surface area is 187 Å². The molecular formula is C25H30FN3OS. The average Bonchev–Trinajstić information content (AvgIpc) is 3.22. The summed E-state index contributed by atoms with van der Waals surface area (Å²) in [5.41, 5.74) is 3.18. The van der Waals surface area contributed by atoms with Crippen molar-refractivity contribution in [3.63, 3.8) is 0 Å². The minimum absolute atomic E-state index is 0.0532. The number of hydrogen-bond acceptors (Lipinski definition) is 4. The predicted molar refractivity (Wildman–Crippen MR) is 128 cm³/mol. The second kappa shape index (κ2) is 12.2. The van der Waals surface area contributed by atoms with Crippen molar-refractivity contribution in [1.29, 1.82) is 0 Å². The fourth-order valence-electron chi connectivity index (χ4n) is 3.38. The molecule has 31 heavy (non-hydrogen) atoms. The summed E-state index contributed by atoms with van der Waals surface area (Å²) in [5.74, 6) is -0.237. The molecule has 1 amide bonds. The van der Waals surface area contributed by atoms with Crippen molar-refractivity contribution in [1.82, 2.24) is 4.98 Å². The first-order chi connectivity index (χ1) is 15.1. The lowest BCUT2D eigenvalue weighted by molar-refractivity contribution is -0.116. The van der Waals surface area contributed by atoms with E-state index in [1.165, 1.54) is 55.6 Å². The zero-order valence-corrected chi connectivity index (χ0v) is 18.8. The Morgan fingerprint density at radius 3 is 2.52 bits per heavy atom. The maximum absolute atomic E-state index is 13.4. The minimum Gasteiger partial charge on any atom is -0.331 e. The van der Waals surface area contributed by atoms with Crippen molar-refractivity contribution in [3.05, 3.63) is 59.7 Å². The van der Waals surface area contributed by atoms with E-state index in [1.807, 2.05) is 29.6 Å². The Kier molecular flexibility index (Phi) is 9.03. The van der Waals surface area contributed by atoms with Gasteiger partial charge in [-0.05, 0) is 36.8 Å². The summed E-state index contributed by atoms with van der Waals surface area (Å²) in [6.45, 7) is 2.22. The fraction of sp³-hybridized carbons (Fsp3) is 0.360. The van der Waals surface area contributed by atoms with E-state index in [0.717, 1.165) is 29.8 Å². The fourth-order valence-corrected chi connectivity index (χ4v) is 4.12. The molecule has 0 saturated heterocycles. The predicted octanol–water partition coefficient (Wildman–Crippen LogP) is 7.77. The molecule has 4 nitrogen and oxygen atoms in total. The standard InChI is InChI=1S/C25H30FN3OS/c1-2-3-4-5-6-7-8-15-24(30)27-21-13-9-11-19(16-21)23-18-31-25(29-23)28-22-14-10-12-20(26)17-22/h9-14,16-18H,2-8,15H2,1H3,(H,27,30)(H,28,29). The molecule has 0 unspecified atom stereocenters. The third kappa shape index (κ3) is 7.79. The maximum atomic E-state index is 13.4. The van der Waals surface area contributed by atoms with Crippen molar-refractivity contribution in [3.8, 4) is 11.3 Å². The molecule has 0 atom stereocenters. The Morgan fingerprint density at radius 1 is 0.968 bits per heavy atom. The molecule has 0 aliphatic rings. The van der Waals surface area contributed by atoms with E-state index in [1.54, 1.807) is 12.1 Å². The zero-order valence-electron chi connectivity index (χ0n) is 18.0. The van der Waals surface area contributed by atoms with Gasteiger partial charge >= 0.3 is 0 Å². The van der Waals surface area contributed by atoms with Crippen LogP contribution in [0.2, 0.25) is 0 Å². The summed E-state index contributed by atoms with van der Waals surface area (Å²) in [5, 5.41) is 8.75. The van der Waals surface area contributed by atoms with Gasteiger partial charge in [-0.15, -0.1) is 11.3 Å². The summed E-state index contributed by atoms with van der Waals surface area (Å²) < 4.78 is 13.4. The number of thiazole rings is 1. The van der Waals surface area contributed by atoms with Gasteiger partial charge < -0.3 is 10.6 Å². The molecule has 0 fully saturated rings. The van der Waals surface area contributed by atoms with Crippen LogP contribution >= 0.6 is 11.3 Å². The van der Waals surface area contributed by atoms with Crippen molar-refractivity contribution >= 4 is 33.8 Å². The first-order valence-electron chi connectivity index (χ1n) is 11.0. The van der Waals surface area contributed by atoms with Crippen LogP contribution < -0.4 is 10.6 Å². The highest BCUT2D eigenvalue weighted by Gasteiger charge is 2.08. The van der Waals surface area contributed by atoms with Gasteiger partial charge in [0.25, 0.3) is 0 Å². The second-order valence-corrected chi connectivity index (χ2v) is 8.53. The summed E-state index contributed by atoms with van der Waals surface area (Å²) in [6, 6.07) is 14.0. The summed E-state index contributed by atoms with van der Waals surface area (Å²) in [4.78, 5) is 16.9. The summed E-state index contributed by atoms with van der Waals surface area (Å²) in [6.07, 6.45) is 8.92. The van der Waals surface area contributed by atoms with Crippen LogP contribution in [0.25, 0.3) is 11.3 Å². The second-order valence-electron chi connectivity index (χ2n) is 7.67. The van der Waals surface area contributed by atoms with Crippen LogP contribution in [-0.2, 0) is 4.79 Å². The number of benzene rings is 2. The number of aromatic nitrogens is 1. The number of nitrogens with one attached hydrogen (secondary N) is 2. The van der Waals surface area contributed by atoms with E-state index in [2.05, 4.69) is 22.5 Å². The number of halogens is 1. The molecule has 1 heterocycles. The van der Waals surface area contributed by atoms with Crippen LogP contribution in [0, 0.1) is 5.82 Å². The van der Waals surface area contributed by atoms with Gasteiger partial charge in [-0.2, -0.15) is 0 Å². The van der Waals surface area contributed by atoms with Crippen molar-refractivity contribution in [2.24, 2.45) is 0 Å². The van der Waals surface area contributed by atoms with Gasteiger partial charge in [-0.25, -0.2) is 9.37 Å². The highest BCUT2D eigenvalue weighted by molar-refractivity contribution is 7.14. The first-order valence-corrected chi connectivity index (χ1v) is 11.9. The van der Waals surface area contributed by atoms with E-state index >= 15 is 0 Å². The number of unbranched alkanes of at least 4 members (excludes halogenated alkanes) is 6. The third-order valence-electron chi connectivity index (χ3n) is 5.03. The quantitative estimate of drug-likeness (QED) is 0.283. The lowest BCUT2D eigenvalue weighted by Gasteiger charge is -2.07. The topological polar surface area (TPSA) is 54.0 Å². The number of carbonyl (C=O) groups is 1. The van der Waals surface area contributed by atoms with E-state index in [4.69, 9.17) is 0 Å². The van der Waals surface area contributed by atoms with Gasteiger partial charge in [0.15, 0.2) is 5.13 Å². The van der Waals surface area contributed by atoms with Crippen LogP contribution in [0.15, 0.2) is 53.9 Å².